The van der Waals surface area contributed by atoms with Crippen LogP contribution in [-0.2, 0) is 4.79 Å². The van der Waals surface area contributed by atoms with Crippen molar-refractivity contribution < 1.29 is 31.9 Å². The molecule has 0 saturated carbocycles. The Morgan fingerprint density at radius 2 is 1.86 bits per heavy atom. The Hall–Kier alpha value is -2.00. The Labute approximate surface area is 117 Å². The summed E-state index contributed by atoms with van der Waals surface area (Å²) in [6, 6.07) is 1.49. The largest absolute Gasteiger partial charge is 0.481 e. The number of rotatable bonds is 4. The van der Waals surface area contributed by atoms with Crippen molar-refractivity contribution in [1.82, 2.24) is 9.97 Å². The van der Waals surface area contributed by atoms with Crippen LogP contribution in [0, 0.1) is 6.92 Å². The van der Waals surface area contributed by atoms with Gasteiger partial charge < -0.3 is 10.4 Å². The van der Waals surface area contributed by atoms with E-state index < -0.39 is 24.6 Å². The summed E-state index contributed by atoms with van der Waals surface area (Å²) in [6.07, 6.45) is -4.10. The lowest BCUT2D eigenvalue weighted by molar-refractivity contribution is -0.275. The van der Waals surface area contributed by atoms with Gasteiger partial charge in [0.1, 0.15) is 0 Å². The molecule has 0 radical (unpaired) electrons. The number of aromatic nitrogens is 2. The summed E-state index contributed by atoms with van der Waals surface area (Å²) in [4.78, 5) is 16.5. The van der Waals surface area contributed by atoms with Gasteiger partial charge in [-0.2, -0.15) is 22.0 Å². The highest BCUT2D eigenvalue weighted by Gasteiger charge is 2.57. The van der Waals surface area contributed by atoms with E-state index in [0.717, 1.165) is 0 Å². The van der Waals surface area contributed by atoms with Crippen molar-refractivity contribution in [3.8, 4) is 0 Å². The Morgan fingerprint density at radius 3 is 2.24 bits per heavy atom. The molecule has 0 aliphatic rings. The van der Waals surface area contributed by atoms with Crippen molar-refractivity contribution in [3.05, 3.63) is 18.0 Å². The molecule has 2 N–H and O–H groups in total. The number of anilines is 1. The van der Waals surface area contributed by atoms with Crippen LogP contribution in [0.15, 0.2) is 12.3 Å². The molecule has 0 aliphatic heterocycles. The molecular weight excluding hydrogens is 301 g/mol. The fraction of sp³-hybridized carbons (Fsp3) is 0.545. The molecule has 0 atom stereocenters. The van der Waals surface area contributed by atoms with Crippen molar-refractivity contribution in [3.63, 3.8) is 0 Å². The first-order chi connectivity index (χ1) is 9.49. The molecule has 1 aromatic heterocycles. The molecule has 0 spiro atoms. The molecule has 0 aromatic carbocycles. The van der Waals surface area contributed by atoms with E-state index in [1.54, 1.807) is 13.8 Å². The lowest BCUT2D eigenvalue weighted by Gasteiger charge is -2.19. The average molecular weight is 315 g/mol. The first-order valence-corrected chi connectivity index (χ1v) is 5.69. The topological polar surface area (TPSA) is 75.1 Å². The van der Waals surface area contributed by atoms with Crippen LogP contribution < -0.4 is 5.32 Å². The second kappa shape index (κ2) is 7.70. The van der Waals surface area contributed by atoms with Crippen LogP contribution in [0.3, 0.4) is 0 Å². The summed E-state index contributed by atoms with van der Waals surface area (Å²) in [5, 5.41) is 9.56. The van der Waals surface area contributed by atoms with E-state index in [4.69, 9.17) is 5.11 Å². The summed E-state index contributed by atoms with van der Waals surface area (Å²) in [5.41, 5.74) is 0.466. The standard InChI is InChI=1S/C8H8F5N3.C3H6O2/c1-5-2-3-14-6(16-5)15-4-7(9,10)8(11,12)13;1-2-3(4)5/h2-3H,4H2,1H3,(H,14,15,16);2H2,1H3,(H,4,5). The van der Waals surface area contributed by atoms with Gasteiger partial charge in [0.05, 0.1) is 6.54 Å². The lowest BCUT2D eigenvalue weighted by Crippen LogP contribution is -2.42. The monoisotopic (exact) mass is 315 g/mol. The van der Waals surface area contributed by atoms with Gasteiger partial charge in [-0.05, 0) is 13.0 Å². The Morgan fingerprint density at radius 1 is 1.33 bits per heavy atom. The van der Waals surface area contributed by atoms with E-state index in [9.17, 15) is 26.7 Å². The molecule has 0 aliphatic carbocycles. The summed E-state index contributed by atoms with van der Waals surface area (Å²) in [5.74, 6) is -5.81. The molecule has 120 valence electrons. The lowest BCUT2D eigenvalue weighted by atomic mass is 10.3. The number of hydrogen-bond acceptors (Lipinski definition) is 4. The molecular formula is C11H14F5N3O2. The van der Waals surface area contributed by atoms with Gasteiger partial charge in [0, 0.05) is 18.3 Å². The molecule has 0 saturated heterocycles. The van der Waals surface area contributed by atoms with E-state index in [1.807, 2.05) is 5.32 Å². The van der Waals surface area contributed by atoms with Gasteiger partial charge in [-0.1, -0.05) is 6.92 Å². The molecule has 0 bridgehead atoms. The van der Waals surface area contributed by atoms with Crippen LogP contribution in [0.25, 0.3) is 0 Å². The minimum Gasteiger partial charge on any atom is -0.481 e. The van der Waals surface area contributed by atoms with Gasteiger partial charge in [-0.3, -0.25) is 4.79 Å². The number of aliphatic carboxylic acids is 1. The predicted octanol–water partition coefficient (Wildman–Crippen LogP) is 2.88. The molecule has 0 unspecified atom stereocenters. The Balaban J connectivity index is 0.000000690. The van der Waals surface area contributed by atoms with E-state index in [1.165, 1.54) is 12.3 Å². The summed E-state index contributed by atoms with van der Waals surface area (Å²) in [6.45, 7) is 1.58. The zero-order valence-corrected chi connectivity index (χ0v) is 11.2. The molecule has 0 fully saturated rings. The van der Waals surface area contributed by atoms with Gasteiger partial charge in [-0.25, -0.2) is 9.97 Å². The Kier molecular flexibility index (Phi) is 6.96. The van der Waals surface area contributed by atoms with Crippen molar-refractivity contribution in [2.75, 3.05) is 11.9 Å². The first kappa shape index (κ1) is 19.0. The zero-order valence-electron chi connectivity index (χ0n) is 11.2. The molecule has 1 aromatic rings. The number of hydrogen-bond donors (Lipinski definition) is 2. The van der Waals surface area contributed by atoms with Crippen LogP contribution in [-0.4, -0.2) is 39.7 Å². The van der Waals surface area contributed by atoms with Crippen LogP contribution in [0.4, 0.5) is 27.9 Å². The van der Waals surface area contributed by atoms with Crippen molar-refractivity contribution in [2.45, 2.75) is 32.4 Å². The smallest absolute Gasteiger partial charge is 0.455 e. The summed E-state index contributed by atoms with van der Waals surface area (Å²) < 4.78 is 60.3. The van der Waals surface area contributed by atoms with Crippen LogP contribution in [0.2, 0.25) is 0 Å². The third kappa shape index (κ3) is 7.37. The fourth-order valence-electron chi connectivity index (χ4n) is 0.824. The highest BCUT2D eigenvalue weighted by molar-refractivity contribution is 5.66. The second-order valence-corrected chi connectivity index (χ2v) is 3.82. The van der Waals surface area contributed by atoms with E-state index in [-0.39, 0.29) is 12.4 Å². The molecule has 0 amide bonds. The predicted molar refractivity (Wildman–Crippen MR) is 64.2 cm³/mol. The van der Waals surface area contributed by atoms with Gasteiger partial charge in [0.2, 0.25) is 5.95 Å². The van der Waals surface area contributed by atoms with Crippen LogP contribution >= 0.6 is 0 Å². The fourth-order valence-corrected chi connectivity index (χ4v) is 0.824. The summed E-state index contributed by atoms with van der Waals surface area (Å²) in [7, 11) is 0. The minimum atomic E-state index is -5.58. The number of carboxylic acids is 1. The highest BCUT2D eigenvalue weighted by Crippen LogP contribution is 2.35. The SMILES string of the molecule is CCC(=O)O.Cc1ccnc(NCC(F)(F)C(F)(F)F)n1. The number of halogens is 5. The maximum atomic E-state index is 12.5. The number of aryl methyl sites for hydroxylation is 1. The average Bonchev–Trinajstić information content (AvgIpc) is 2.36. The third-order valence-corrected chi connectivity index (χ3v) is 1.98. The van der Waals surface area contributed by atoms with Gasteiger partial charge in [0.15, 0.2) is 0 Å². The van der Waals surface area contributed by atoms with Crippen molar-refractivity contribution in [2.24, 2.45) is 0 Å². The highest BCUT2D eigenvalue weighted by atomic mass is 19.4. The summed E-state index contributed by atoms with van der Waals surface area (Å²) >= 11 is 0. The van der Waals surface area contributed by atoms with E-state index in [2.05, 4.69) is 9.97 Å². The van der Waals surface area contributed by atoms with Gasteiger partial charge in [0.25, 0.3) is 0 Å². The first-order valence-electron chi connectivity index (χ1n) is 5.69. The van der Waals surface area contributed by atoms with Gasteiger partial charge in [-0.15, -0.1) is 0 Å². The molecule has 5 nitrogen and oxygen atoms in total. The normalized spacial score (nSPS) is 11.4. The molecule has 10 heteroatoms. The molecule has 21 heavy (non-hydrogen) atoms. The van der Waals surface area contributed by atoms with E-state index >= 15 is 0 Å². The number of carboxylic acid groups (broad SMARTS) is 1. The van der Waals surface area contributed by atoms with Gasteiger partial charge >= 0.3 is 18.1 Å². The van der Waals surface area contributed by atoms with E-state index in [0.29, 0.717) is 5.69 Å². The quantitative estimate of drug-likeness (QED) is 0.836. The van der Waals surface area contributed by atoms with Crippen LogP contribution in [0.5, 0.6) is 0 Å². The maximum absolute atomic E-state index is 12.5. The Bertz CT molecular complexity index is 465. The zero-order chi connectivity index (χ0) is 16.7. The van der Waals surface area contributed by atoms with Crippen molar-refractivity contribution in [1.29, 1.82) is 0 Å². The van der Waals surface area contributed by atoms with Crippen molar-refractivity contribution >= 4 is 11.9 Å². The van der Waals surface area contributed by atoms with Crippen LogP contribution in [0.1, 0.15) is 19.0 Å². The molecule has 1 heterocycles. The number of carbonyl (C=O) groups is 1. The number of alkyl halides is 5. The number of nitrogens with zero attached hydrogens (tertiary/aromatic N) is 2. The molecule has 1 rings (SSSR count). The minimum absolute atomic E-state index is 0.222. The third-order valence-electron chi connectivity index (χ3n) is 1.98. The number of nitrogens with one attached hydrogen (secondary N) is 1. The second-order valence-electron chi connectivity index (χ2n) is 3.82. The maximum Gasteiger partial charge on any atom is 0.455 e.